The minimum absolute atomic E-state index is 0.0646. The highest BCUT2D eigenvalue weighted by Crippen LogP contribution is 2.32. The van der Waals surface area contributed by atoms with Crippen LogP contribution in [0.4, 0.5) is 11.4 Å². The van der Waals surface area contributed by atoms with Crippen molar-refractivity contribution < 1.29 is 26.3 Å². The van der Waals surface area contributed by atoms with Gasteiger partial charge in [-0.15, -0.1) is 0 Å². The lowest BCUT2D eigenvalue weighted by Gasteiger charge is -2.16. The number of hydrogen-bond donors (Lipinski definition) is 3. The van der Waals surface area contributed by atoms with Crippen LogP contribution in [0.3, 0.4) is 0 Å². The minimum Gasteiger partial charge on any atom is -0.493 e. The maximum Gasteiger partial charge on any atom is 0.262 e. The van der Waals surface area contributed by atoms with Gasteiger partial charge in [-0.3, -0.25) is 4.72 Å². The predicted molar refractivity (Wildman–Crippen MR) is 107 cm³/mol. The Kier molecular flexibility index (Phi) is 6.75. The van der Waals surface area contributed by atoms with Crippen LogP contribution < -0.4 is 24.7 Å². The van der Waals surface area contributed by atoms with Gasteiger partial charge in [0, 0.05) is 12.6 Å². The maximum atomic E-state index is 12.8. The molecule has 0 fully saturated rings. The van der Waals surface area contributed by atoms with Crippen LogP contribution in [-0.2, 0) is 20.0 Å². The molecule has 0 bridgehead atoms. The second-order valence-electron chi connectivity index (χ2n) is 5.80. The zero-order chi connectivity index (χ0) is 20.9. The number of anilines is 2. The molecule has 9 nitrogen and oxygen atoms in total. The molecule has 4 N–H and O–H groups in total. The van der Waals surface area contributed by atoms with Crippen molar-refractivity contribution in [1.29, 1.82) is 0 Å². The molecule has 0 aliphatic heterocycles. The van der Waals surface area contributed by atoms with E-state index in [-0.39, 0.29) is 21.2 Å². The number of rotatable bonds is 9. The minimum atomic E-state index is -4.04. The Balaban J connectivity index is 2.49. The molecule has 0 radical (unpaired) electrons. The lowest BCUT2D eigenvalue weighted by molar-refractivity contribution is 0.354. The van der Waals surface area contributed by atoms with Gasteiger partial charge in [-0.1, -0.05) is 6.92 Å². The molecule has 0 spiro atoms. The molecule has 28 heavy (non-hydrogen) atoms. The first-order chi connectivity index (χ1) is 13.1. The summed E-state index contributed by atoms with van der Waals surface area (Å²) in [5.41, 5.74) is 0.494. The molecule has 0 saturated carbocycles. The number of sulfonamides is 2. The van der Waals surface area contributed by atoms with E-state index in [0.717, 1.165) is 6.42 Å². The number of nitrogens with one attached hydrogen (secondary N) is 2. The smallest absolute Gasteiger partial charge is 0.262 e. The Morgan fingerprint density at radius 3 is 2.11 bits per heavy atom. The van der Waals surface area contributed by atoms with Gasteiger partial charge in [0.05, 0.1) is 35.4 Å². The highest BCUT2D eigenvalue weighted by molar-refractivity contribution is 7.92. The Morgan fingerprint density at radius 1 is 0.893 bits per heavy atom. The maximum absolute atomic E-state index is 12.8. The Hall–Kier alpha value is -2.50. The molecule has 2 rings (SSSR count). The van der Waals surface area contributed by atoms with Crippen LogP contribution >= 0.6 is 0 Å². The van der Waals surface area contributed by atoms with Crippen molar-refractivity contribution in [1.82, 2.24) is 0 Å². The van der Waals surface area contributed by atoms with Gasteiger partial charge in [0.2, 0.25) is 10.0 Å². The van der Waals surface area contributed by atoms with E-state index in [1.807, 2.05) is 6.92 Å². The molecule has 0 aromatic heterocycles. The molecule has 0 atom stereocenters. The molecule has 0 heterocycles. The van der Waals surface area contributed by atoms with Crippen LogP contribution in [0.15, 0.2) is 46.2 Å². The van der Waals surface area contributed by atoms with Crippen LogP contribution in [0.1, 0.15) is 13.3 Å². The van der Waals surface area contributed by atoms with Crippen LogP contribution in [0.25, 0.3) is 0 Å². The molecule has 154 valence electrons. The highest BCUT2D eigenvalue weighted by atomic mass is 32.2. The van der Waals surface area contributed by atoms with Crippen LogP contribution in [0.2, 0.25) is 0 Å². The van der Waals surface area contributed by atoms with Crippen molar-refractivity contribution in [2.24, 2.45) is 5.14 Å². The van der Waals surface area contributed by atoms with E-state index in [4.69, 9.17) is 14.6 Å². The third-order valence-electron chi connectivity index (χ3n) is 3.79. The lowest BCUT2D eigenvalue weighted by Crippen LogP contribution is -2.17. The number of methoxy groups -OCH3 is 2. The largest absolute Gasteiger partial charge is 0.493 e. The lowest BCUT2D eigenvalue weighted by atomic mass is 10.2. The third-order valence-corrected chi connectivity index (χ3v) is 6.07. The number of primary sulfonamides is 1. The van der Waals surface area contributed by atoms with Crippen molar-refractivity contribution in [2.75, 3.05) is 30.8 Å². The molecule has 0 unspecified atom stereocenters. The Labute approximate surface area is 165 Å². The average molecular weight is 430 g/mol. The predicted octanol–water partition coefficient (Wildman–Crippen LogP) is 1.97. The number of benzene rings is 2. The van der Waals surface area contributed by atoms with Gasteiger partial charge >= 0.3 is 0 Å². The summed E-state index contributed by atoms with van der Waals surface area (Å²) in [5.74, 6) is 0.621. The summed E-state index contributed by atoms with van der Waals surface area (Å²) in [6.07, 6.45) is 0.790. The van der Waals surface area contributed by atoms with Crippen molar-refractivity contribution in [3.8, 4) is 11.5 Å². The first-order valence-electron chi connectivity index (χ1n) is 8.28. The van der Waals surface area contributed by atoms with Gasteiger partial charge in [-0.25, -0.2) is 22.0 Å². The van der Waals surface area contributed by atoms with Gasteiger partial charge in [0.25, 0.3) is 10.0 Å². The SMILES string of the molecule is CCCNc1ccc(S(N)(=O)=O)cc1NS(=O)(=O)c1ccc(OC)c(OC)c1. The van der Waals surface area contributed by atoms with Crippen molar-refractivity contribution in [2.45, 2.75) is 23.1 Å². The molecule has 0 amide bonds. The summed E-state index contributed by atoms with van der Waals surface area (Å²) in [5, 5.41) is 8.21. The van der Waals surface area contributed by atoms with E-state index in [2.05, 4.69) is 10.0 Å². The van der Waals surface area contributed by atoms with Gasteiger partial charge in [0.1, 0.15) is 0 Å². The van der Waals surface area contributed by atoms with Gasteiger partial charge in [0.15, 0.2) is 11.5 Å². The molecule has 0 saturated heterocycles. The highest BCUT2D eigenvalue weighted by Gasteiger charge is 2.20. The summed E-state index contributed by atoms with van der Waals surface area (Å²) in [4.78, 5) is -0.285. The van der Waals surface area contributed by atoms with Crippen molar-refractivity contribution in [3.63, 3.8) is 0 Å². The first-order valence-corrected chi connectivity index (χ1v) is 11.3. The molecule has 11 heteroatoms. The van der Waals surface area contributed by atoms with Gasteiger partial charge in [-0.05, 0) is 36.8 Å². The summed E-state index contributed by atoms with van der Waals surface area (Å²) in [6.45, 7) is 2.51. The number of hydrogen-bond acceptors (Lipinski definition) is 7. The van der Waals surface area contributed by atoms with Crippen LogP contribution in [0, 0.1) is 0 Å². The van der Waals surface area contributed by atoms with Crippen molar-refractivity contribution >= 4 is 31.4 Å². The summed E-state index contributed by atoms with van der Waals surface area (Å²) in [7, 11) is -5.21. The van der Waals surface area contributed by atoms with Gasteiger partial charge < -0.3 is 14.8 Å². The Bertz CT molecular complexity index is 1050. The monoisotopic (exact) mass is 429 g/mol. The van der Waals surface area contributed by atoms with E-state index >= 15 is 0 Å². The summed E-state index contributed by atoms with van der Waals surface area (Å²) >= 11 is 0. The summed E-state index contributed by atoms with van der Waals surface area (Å²) < 4.78 is 61.6. The zero-order valence-electron chi connectivity index (χ0n) is 15.7. The second kappa shape index (κ2) is 8.67. The number of nitrogens with two attached hydrogens (primary N) is 1. The second-order valence-corrected chi connectivity index (χ2v) is 9.05. The molecule has 0 aliphatic rings. The van der Waals surface area contributed by atoms with Gasteiger partial charge in [-0.2, -0.15) is 0 Å². The molecular formula is C17H23N3O6S2. The molecule has 2 aromatic carbocycles. The van der Waals surface area contributed by atoms with E-state index in [1.165, 1.54) is 50.6 Å². The van der Waals surface area contributed by atoms with Crippen molar-refractivity contribution in [3.05, 3.63) is 36.4 Å². The number of ether oxygens (including phenoxy) is 2. The molecule has 2 aromatic rings. The quantitative estimate of drug-likeness (QED) is 0.554. The zero-order valence-corrected chi connectivity index (χ0v) is 17.4. The van der Waals surface area contributed by atoms with E-state index in [1.54, 1.807) is 0 Å². The molecule has 0 aliphatic carbocycles. The van der Waals surface area contributed by atoms with Crippen LogP contribution in [0.5, 0.6) is 11.5 Å². The third kappa shape index (κ3) is 5.06. The topological polar surface area (TPSA) is 137 Å². The fourth-order valence-corrected chi connectivity index (χ4v) is 4.01. The average Bonchev–Trinajstić information content (AvgIpc) is 2.65. The van der Waals surface area contributed by atoms with E-state index in [9.17, 15) is 16.8 Å². The van der Waals surface area contributed by atoms with Crippen LogP contribution in [-0.4, -0.2) is 37.6 Å². The van der Waals surface area contributed by atoms with E-state index in [0.29, 0.717) is 18.0 Å². The summed E-state index contributed by atoms with van der Waals surface area (Å²) in [6, 6.07) is 8.07. The van der Waals surface area contributed by atoms with E-state index < -0.39 is 20.0 Å². The standard InChI is InChI=1S/C17H23N3O6S2/c1-4-9-19-14-7-5-12(27(18,21)22)10-15(14)20-28(23,24)13-6-8-16(25-2)17(11-13)26-3/h5-8,10-11,19-20H,4,9H2,1-3H3,(H2,18,21,22). The fourth-order valence-electron chi connectivity index (χ4n) is 2.39. The Morgan fingerprint density at radius 2 is 1.54 bits per heavy atom. The first kappa shape index (κ1) is 21.8. The normalized spacial score (nSPS) is 11.7. The molecular weight excluding hydrogens is 406 g/mol. The fraction of sp³-hybridized carbons (Fsp3) is 0.294.